The first-order valence-electron chi connectivity index (χ1n) is 6.20. The van der Waals surface area contributed by atoms with Gasteiger partial charge in [-0.1, -0.05) is 0 Å². The van der Waals surface area contributed by atoms with E-state index in [4.69, 9.17) is 0 Å². The minimum Gasteiger partial charge on any atom is -0.508 e. The molecule has 106 valence electrons. The smallest absolute Gasteiger partial charge is 0.152 e. The molecule has 5 nitrogen and oxygen atoms in total. The first kappa shape index (κ1) is 14.1. The summed E-state index contributed by atoms with van der Waals surface area (Å²) in [6.45, 7) is 3.76. The summed E-state index contributed by atoms with van der Waals surface area (Å²) in [5.74, 6) is 0.310. The minimum absolute atomic E-state index is 0.00662. The predicted molar refractivity (Wildman–Crippen MR) is 73.0 cm³/mol. The first-order valence-corrected chi connectivity index (χ1v) is 8.02. The van der Waals surface area contributed by atoms with Crippen LogP contribution in [-0.4, -0.2) is 35.7 Å². The van der Waals surface area contributed by atoms with E-state index in [0.29, 0.717) is 6.42 Å². The number of rotatable bonds is 3. The van der Waals surface area contributed by atoms with Crippen LogP contribution >= 0.6 is 0 Å². The molecule has 0 bridgehead atoms. The number of nitrogens with one attached hydrogen (secondary N) is 1. The maximum atomic E-state index is 11.6. The zero-order chi connectivity index (χ0) is 14.3. The van der Waals surface area contributed by atoms with E-state index in [-0.39, 0.29) is 29.0 Å². The third-order valence-electron chi connectivity index (χ3n) is 3.49. The molecule has 2 rings (SSSR count). The summed E-state index contributed by atoms with van der Waals surface area (Å²) in [7, 11) is -2.96. The van der Waals surface area contributed by atoms with Crippen molar-refractivity contribution < 1.29 is 18.6 Å². The third kappa shape index (κ3) is 3.39. The van der Waals surface area contributed by atoms with Crippen molar-refractivity contribution >= 4 is 9.84 Å². The molecule has 0 saturated carbocycles. The van der Waals surface area contributed by atoms with Gasteiger partial charge in [0.1, 0.15) is 11.5 Å². The fraction of sp³-hybridized carbons (Fsp3) is 0.538. The molecule has 1 aromatic carbocycles. The van der Waals surface area contributed by atoms with Crippen molar-refractivity contribution in [1.29, 1.82) is 0 Å². The number of phenols is 2. The van der Waals surface area contributed by atoms with E-state index in [0.717, 1.165) is 5.56 Å². The lowest BCUT2D eigenvalue weighted by Gasteiger charge is -2.29. The number of benzene rings is 1. The summed E-state index contributed by atoms with van der Waals surface area (Å²) in [4.78, 5) is 0. The van der Waals surface area contributed by atoms with Gasteiger partial charge in [0.25, 0.3) is 0 Å². The summed E-state index contributed by atoms with van der Waals surface area (Å²) in [6.07, 6.45) is 0.574. The van der Waals surface area contributed by atoms with Crippen molar-refractivity contribution in [3.8, 4) is 11.5 Å². The van der Waals surface area contributed by atoms with Crippen molar-refractivity contribution in [2.75, 3.05) is 11.5 Å². The van der Waals surface area contributed by atoms with Gasteiger partial charge in [-0.15, -0.1) is 0 Å². The maximum Gasteiger partial charge on any atom is 0.152 e. The molecular formula is C13H19NO4S. The average molecular weight is 285 g/mol. The van der Waals surface area contributed by atoms with Crippen molar-refractivity contribution in [3.05, 3.63) is 23.8 Å². The van der Waals surface area contributed by atoms with Crippen LogP contribution in [0.4, 0.5) is 0 Å². The van der Waals surface area contributed by atoms with Crippen LogP contribution in [0.25, 0.3) is 0 Å². The Morgan fingerprint density at radius 3 is 2.32 bits per heavy atom. The van der Waals surface area contributed by atoms with Crippen LogP contribution in [0.1, 0.15) is 31.9 Å². The third-order valence-corrected chi connectivity index (χ3v) is 5.40. The molecule has 0 radical (unpaired) electrons. The highest BCUT2D eigenvalue weighted by Gasteiger charge is 2.39. The Balaban J connectivity index is 2.15. The molecule has 3 N–H and O–H groups in total. The van der Waals surface area contributed by atoms with E-state index in [1.807, 2.05) is 13.8 Å². The minimum atomic E-state index is -2.96. The Hall–Kier alpha value is -1.27. The summed E-state index contributed by atoms with van der Waals surface area (Å²) in [6, 6.07) is 4.23. The van der Waals surface area contributed by atoms with Gasteiger partial charge in [-0.25, -0.2) is 8.42 Å². The fourth-order valence-electron chi connectivity index (χ4n) is 2.60. The van der Waals surface area contributed by atoms with Crippen molar-refractivity contribution in [2.45, 2.75) is 31.8 Å². The van der Waals surface area contributed by atoms with Crippen LogP contribution in [0.5, 0.6) is 11.5 Å². The first-order chi connectivity index (χ1) is 8.69. The monoisotopic (exact) mass is 285 g/mol. The number of hydrogen-bond acceptors (Lipinski definition) is 5. The SMILES string of the molecule is CC(NC1(C)CCS(=O)(=O)C1)c1cc(O)cc(O)c1. The van der Waals surface area contributed by atoms with Crippen LogP contribution in [0.15, 0.2) is 18.2 Å². The molecule has 1 aliphatic rings. The van der Waals surface area contributed by atoms with Gasteiger partial charge >= 0.3 is 0 Å². The van der Waals surface area contributed by atoms with Gasteiger partial charge in [0.15, 0.2) is 9.84 Å². The lowest BCUT2D eigenvalue weighted by atomic mass is 9.98. The molecular weight excluding hydrogens is 266 g/mol. The normalized spacial score (nSPS) is 27.3. The van der Waals surface area contributed by atoms with Gasteiger partial charge in [-0.05, 0) is 38.0 Å². The van der Waals surface area contributed by atoms with Crippen molar-refractivity contribution in [3.63, 3.8) is 0 Å². The van der Waals surface area contributed by atoms with Crippen molar-refractivity contribution in [1.82, 2.24) is 5.32 Å². The fourth-order valence-corrected chi connectivity index (χ4v) is 4.70. The van der Waals surface area contributed by atoms with Gasteiger partial charge in [0, 0.05) is 17.6 Å². The Labute approximate surface area is 113 Å². The number of sulfone groups is 1. The van der Waals surface area contributed by atoms with Crippen LogP contribution in [0.2, 0.25) is 0 Å². The molecule has 2 unspecified atom stereocenters. The second kappa shape index (κ2) is 4.68. The largest absolute Gasteiger partial charge is 0.508 e. The molecule has 0 aromatic heterocycles. The van der Waals surface area contributed by atoms with Gasteiger partial charge in [-0.3, -0.25) is 0 Å². The lowest BCUT2D eigenvalue weighted by molar-refractivity contribution is 0.353. The zero-order valence-corrected chi connectivity index (χ0v) is 11.9. The van der Waals surface area contributed by atoms with E-state index in [2.05, 4.69) is 5.32 Å². The zero-order valence-electron chi connectivity index (χ0n) is 11.0. The highest BCUT2D eigenvalue weighted by molar-refractivity contribution is 7.91. The Morgan fingerprint density at radius 1 is 1.26 bits per heavy atom. The number of phenolic OH excluding ortho intramolecular Hbond substituents is 2. The van der Waals surface area contributed by atoms with Crippen LogP contribution in [-0.2, 0) is 9.84 Å². The highest BCUT2D eigenvalue weighted by atomic mass is 32.2. The molecule has 1 fully saturated rings. The van der Waals surface area contributed by atoms with E-state index >= 15 is 0 Å². The average Bonchev–Trinajstić information content (AvgIpc) is 2.51. The van der Waals surface area contributed by atoms with E-state index < -0.39 is 15.4 Å². The van der Waals surface area contributed by atoms with Crippen LogP contribution < -0.4 is 5.32 Å². The van der Waals surface area contributed by atoms with E-state index in [1.165, 1.54) is 6.07 Å². The predicted octanol–water partition coefficient (Wildman–Crippen LogP) is 1.33. The van der Waals surface area contributed by atoms with Gasteiger partial charge in [0.05, 0.1) is 11.5 Å². The molecule has 1 heterocycles. The molecule has 1 saturated heterocycles. The quantitative estimate of drug-likeness (QED) is 0.780. The molecule has 0 amide bonds. The second-order valence-corrected chi connectivity index (χ2v) is 7.74. The van der Waals surface area contributed by atoms with Gasteiger partial charge in [-0.2, -0.15) is 0 Å². The summed E-state index contributed by atoms with van der Waals surface area (Å²) in [5.41, 5.74) is 0.266. The molecule has 6 heteroatoms. The Kier molecular flexibility index (Phi) is 3.49. The Bertz CT molecular complexity index is 564. The van der Waals surface area contributed by atoms with Gasteiger partial charge in [0.2, 0.25) is 0 Å². The highest BCUT2D eigenvalue weighted by Crippen LogP contribution is 2.29. The van der Waals surface area contributed by atoms with E-state index in [9.17, 15) is 18.6 Å². The molecule has 0 spiro atoms. The van der Waals surface area contributed by atoms with Crippen LogP contribution in [0, 0.1) is 0 Å². The summed E-state index contributed by atoms with van der Waals surface area (Å²) in [5, 5.41) is 22.2. The maximum absolute atomic E-state index is 11.6. The van der Waals surface area contributed by atoms with Crippen molar-refractivity contribution in [2.24, 2.45) is 0 Å². The lowest BCUT2D eigenvalue weighted by Crippen LogP contribution is -2.44. The van der Waals surface area contributed by atoms with E-state index in [1.54, 1.807) is 12.1 Å². The van der Waals surface area contributed by atoms with Crippen LogP contribution in [0.3, 0.4) is 0 Å². The molecule has 2 atom stereocenters. The molecule has 1 aliphatic heterocycles. The summed E-state index contributed by atoms with van der Waals surface area (Å²) >= 11 is 0. The Morgan fingerprint density at radius 2 is 1.84 bits per heavy atom. The molecule has 19 heavy (non-hydrogen) atoms. The topological polar surface area (TPSA) is 86.6 Å². The standard InChI is InChI=1S/C13H19NO4S/c1-9(10-5-11(15)7-12(16)6-10)14-13(2)3-4-19(17,18)8-13/h5-7,9,14-16H,3-4,8H2,1-2H3. The molecule has 1 aromatic rings. The number of aromatic hydroxyl groups is 2. The number of hydrogen-bond donors (Lipinski definition) is 3. The van der Waals surface area contributed by atoms with Gasteiger partial charge < -0.3 is 15.5 Å². The summed E-state index contributed by atoms with van der Waals surface area (Å²) < 4.78 is 23.1. The second-order valence-electron chi connectivity index (χ2n) is 5.55. The molecule has 0 aliphatic carbocycles.